The van der Waals surface area contributed by atoms with Crippen LogP contribution >= 0.6 is 11.8 Å². The van der Waals surface area contributed by atoms with E-state index in [0.29, 0.717) is 31.3 Å². The van der Waals surface area contributed by atoms with Gasteiger partial charge in [-0.05, 0) is 36.6 Å². The first-order chi connectivity index (χ1) is 13.9. The Labute approximate surface area is 169 Å². The molecule has 10 heteroatoms. The maximum absolute atomic E-state index is 12.8. The fourth-order valence-electron chi connectivity index (χ4n) is 3.46. The lowest BCUT2D eigenvalue weighted by Crippen LogP contribution is -2.32. The number of alkyl halides is 3. The second-order valence-electron chi connectivity index (χ2n) is 6.66. The topological polar surface area (TPSA) is 64.6 Å². The average molecular weight is 425 g/mol. The molecule has 2 aliphatic rings. The van der Waals surface area contributed by atoms with Gasteiger partial charge in [0, 0.05) is 12.7 Å². The average Bonchev–Trinajstić information content (AvgIpc) is 3.21. The van der Waals surface area contributed by atoms with E-state index in [1.165, 1.54) is 0 Å². The van der Waals surface area contributed by atoms with Gasteiger partial charge in [0.1, 0.15) is 18.9 Å². The van der Waals surface area contributed by atoms with Crippen LogP contribution < -0.4 is 9.47 Å². The minimum atomic E-state index is -4.54. The van der Waals surface area contributed by atoms with Crippen molar-refractivity contribution < 1.29 is 27.4 Å². The number of benzene rings is 1. The third-order valence-electron chi connectivity index (χ3n) is 4.77. The zero-order chi connectivity index (χ0) is 20.4. The van der Waals surface area contributed by atoms with Crippen molar-refractivity contribution in [1.82, 2.24) is 14.9 Å². The summed E-state index contributed by atoms with van der Waals surface area (Å²) in [6.45, 7) is 1.59. The molecule has 0 bridgehead atoms. The van der Waals surface area contributed by atoms with Gasteiger partial charge >= 0.3 is 6.18 Å². The van der Waals surface area contributed by atoms with Crippen LogP contribution in [0.2, 0.25) is 0 Å². The Morgan fingerprint density at radius 3 is 2.79 bits per heavy atom. The summed E-state index contributed by atoms with van der Waals surface area (Å²) in [6.07, 6.45) is -1.82. The Hall–Kier alpha value is -2.49. The Morgan fingerprint density at radius 1 is 1.21 bits per heavy atom. The monoisotopic (exact) mass is 425 g/mol. The van der Waals surface area contributed by atoms with Crippen LogP contribution in [0.5, 0.6) is 11.5 Å². The summed E-state index contributed by atoms with van der Waals surface area (Å²) in [4.78, 5) is 21.8. The Morgan fingerprint density at radius 2 is 2.00 bits per heavy atom. The van der Waals surface area contributed by atoms with Crippen LogP contribution in [0, 0.1) is 0 Å². The summed E-state index contributed by atoms with van der Waals surface area (Å²) in [5, 5.41) is -0.0664. The second kappa shape index (κ2) is 8.10. The molecule has 1 fully saturated rings. The summed E-state index contributed by atoms with van der Waals surface area (Å²) >= 11 is 0.908. The standard InChI is InChI=1S/C19H18F3N3O3S/c20-19(21,22)16-5-6-23-18(24-16)29-11-17(26)25-7-1-2-13(25)12-3-4-14-15(10-12)28-9-8-27-14/h3-6,10,13H,1-2,7-9,11H2/t13-/m1/s1. The number of halogens is 3. The maximum Gasteiger partial charge on any atom is 0.433 e. The van der Waals surface area contributed by atoms with E-state index in [2.05, 4.69) is 9.97 Å². The molecule has 4 rings (SSSR count). The van der Waals surface area contributed by atoms with Crippen LogP contribution in [0.15, 0.2) is 35.6 Å². The lowest BCUT2D eigenvalue weighted by molar-refractivity contribution is -0.141. The first-order valence-electron chi connectivity index (χ1n) is 9.14. The van der Waals surface area contributed by atoms with Gasteiger partial charge in [0.15, 0.2) is 16.7 Å². The normalized spacial score (nSPS) is 18.7. The SMILES string of the molecule is O=C(CSc1nccc(C(F)(F)F)n1)N1CCC[C@@H]1c1ccc2c(c1)OCCO2. The number of thioether (sulfide) groups is 1. The number of rotatable bonds is 4. The Balaban J connectivity index is 1.43. The molecule has 1 amide bonds. The molecule has 29 heavy (non-hydrogen) atoms. The van der Waals surface area contributed by atoms with Crippen molar-refractivity contribution >= 4 is 17.7 Å². The molecule has 2 aliphatic heterocycles. The predicted octanol–water partition coefficient (Wildman–Crippen LogP) is 3.72. The molecule has 1 aromatic heterocycles. The smallest absolute Gasteiger partial charge is 0.433 e. The van der Waals surface area contributed by atoms with Gasteiger partial charge in [0.2, 0.25) is 5.91 Å². The lowest BCUT2D eigenvalue weighted by atomic mass is 10.0. The third kappa shape index (κ3) is 4.42. The van der Waals surface area contributed by atoms with Gasteiger partial charge in [-0.25, -0.2) is 9.97 Å². The Bertz CT molecular complexity index is 910. The molecule has 3 heterocycles. The number of carbonyl (C=O) groups is 1. The molecule has 154 valence electrons. The van der Waals surface area contributed by atoms with Crippen molar-refractivity contribution in [3.8, 4) is 11.5 Å². The van der Waals surface area contributed by atoms with Crippen LogP contribution in [0.25, 0.3) is 0 Å². The number of hydrogen-bond acceptors (Lipinski definition) is 6. The van der Waals surface area contributed by atoms with E-state index in [9.17, 15) is 18.0 Å². The van der Waals surface area contributed by atoms with Crippen molar-refractivity contribution in [1.29, 1.82) is 0 Å². The number of amides is 1. The molecule has 1 saturated heterocycles. The fourth-order valence-corrected chi connectivity index (χ4v) is 4.17. The molecule has 0 unspecified atom stereocenters. The number of likely N-dealkylation sites (tertiary alicyclic amines) is 1. The van der Waals surface area contributed by atoms with Gasteiger partial charge in [-0.2, -0.15) is 13.2 Å². The predicted molar refractivity (Wildman–Crippen MR) is 98.9 cm³/mol. The van der Waals surface area contributed by atoms with E-state index in [1.807, 2.05) is 18.2 Å². The lowest BCUT2D eigenvalue weighted by Gasteiger charge is -2.26. The van der Waals surface area contributed by atoms with Crippen LogP contribution in [-0.4, -0.2) is 46.3 Å². The highest BCUT2D eigenvalue weighted by Crippen LogP contribution is 2.38. The molecular formula is C19H18F3N3O3S. The first kappa shape index (κ1) is 19.8. The van der Waals surface area contributed by atoms with Gasteiger partial charge in [0.25, 0.3) is 0 Å². The van der Waals surface area contributed by atoms with Crippen LogP contribution in [0.4, 0.5) is 13.2 Å². The van der Waals surface area contributed by atoms with Gasteiger partial charge in [-0.3, -0.25) is 4.79 Å². The zero-order valence-corrected chi connectivity index (χ0v) is 16.1. The summed E-state index contributed by atoms with van der Waals surface area (Å²) in [5.74, 6) is 1.17. The fraction of sp³-hybridized carbons (Fsp3) is 0.421. The number of hydrogen-bond donors (Lipinski definition) is 0. The molecule has 1 atom stereocenters. The molecule has 0 radical (unpaired) electrons. The quantitative estimate of drug-likeness (QED) is 0.550. The highest BCUT2D eigenvalue weighted by Gasteiger charge is 2.33. The molecule has 6 nitrogen and oxygen atoms in total. The van der Waals surface area contributed by atoms with Gasteiger partial charge in [0.05, 0.1) is 11.8 Å². The maximum atomic E-state index is 12.8. The molecule has 2 aromatic rings. The number of fused-ring (bicyclic) bond motifs is 1. The first-order valence-corrected chi connectivity index (χ1v) is 10.1. The van der Waals surface area contributed by atoms with Crippen LogP contribution in [0.1, 0.15) is 30.1 Å². The van der Waals surface area contributed by atoms with Gasteiger partial charge < -0.3 is 14.4 Å². The van der Waals surface area contributed by atoms with Crippen molar-refractivity contribution in [2.24, 2.45) is 0 Å². The highest BCUT2D eigenvalue weighted by molar-refractivity contribution is 7.99. The zero-order valence-electron chi connectivity index (χ0n) is 15.3. The molecule has 0 saturated carbocycles. The number of nitrogens with zero attached hydrogens (tertiary/aromatic N) is 3. The summed E-state index contributed by atoms with van der Waals surface area (Å²) in [6, 6.07) is 6.38. The minimum absolute atomic E-state index is 0.0254. The molecule has 0 aliphatic carbocycles. The van der Waals surface area contributed by atoms with E-state index in [1.54, 1.807) is 4.90 Å². The summed E-state index contributed by atoms with van der Waals surface area (Å²) < 4.78 is 49.5. The Kier molecular flexibility index (Phi) is 5.53. The highest BCUT2D eigenvalue weighted by atomic mass is 32.2. The van der Waals surface area contributed by atoms with Crippen molar-refractivity contribution in [2.75, 3.05) is 25.5 Å². The van der Waals surface area contributed by atoms with E-state index in [0.717, 1.165) is 42.4 Å². The number of carbonyl (C=O) groups excluding carboxylic acids is 1. The van der Waals surface area contributed by atoms with Gasteiger partial charge in [-0.1, -0.05) is 17.8 Å². The van der Waals surface area contributed by atoms with E-state index >= 15 is 0 Å². The molecule has 1 aromatic carbocycles. The van der Waals surface area contributed by atoms with Crippen molar-refractivity contribution in [2.45, 2.75) is 30.2 Å². The van der Waals surface area contributed by atoms with Crippen molar-refractivity contribution in [3.05, 3.63) is 41.7 Å². The van der Waals surface area contributed by atoms with Gasteiger partial charge in [-0.15, -0.1) is 0 Å². The van der Waals surface area contributed by atoms with E-state index < -0.39 is 11.9 Å². The minimum Gasteiger partial charge on any atom is -0.486 e. The van der Waals surface area contributed by atoms with Crippen molar-refractivity contribution in [3.63, 3.8) is 0 Å². The van der Waals surface area contributed by atoms with Crippen LogP contribution in [-0.2, 0) is 11.0 Å². The molecular weight excluding hydrogens is 407 g/mol. The summed E-state index contributed by atoms with van der Waals surface area (Å²) in [5.41, 5.74) is -0.0572. The van der Waals surface area contributed by atoms with E-state index in [-0.39, 0.29) is 22.9 Å². The number of aromatic nitrogens is 2. The van der Waals surface area contributed by atoms with Crippen LogP contribution in [0.3, 0.4) is 0 Å². The van der Waals surface area contributed by atoms with E-state index in [4.69, 9.17) is 9.47 Å². The number of ether oxygens (including phenoxy) is 2. The third-order valence-corrected chi connectivity index (χ3v) is 5.62. The largest absolute Gasteiger partial charge is 0.486 e. The molecule has 0 N–H and O–H groups in total. The second-order valence-corrected chi connectivity index (χ2v) is 7.60. The molecule has 0 spiro atoms. The summed E-state index contributed by atoms with van der Waals surface area (Å²) in [7, 11) is 0.